The van der Waals surface area contributed by atoms with Crippen LogP contribution in [0.15, 0.2) is 44.1 Å². The number of aliphatic imine (C=N–C) groups is 2. The average Bonchev–Trinajstić information content (AvgIpc) is 3.40. The van der Waals surface area contributed by atoms with E-state index in [2.05, 4.69) is 37.7 Å². The van der Waals surface area contributed by atoms with E-state index < -0.39 is 0 Å². The van der Waals surface area contributed by atoms with Gasteiger partial charge in [0, 0.05) is 11.7 Å². The van der Waals surface area contributed by atoms with Gasteiger partial charge in [-0.2, -0.15) is 5.10 Å². The second-order valence-electron chi connectivity index (χ2n) is 6.98. The highest BCUT2D eigenvalue weighted by molar-refractivity contribution is 14.1. The van der Waals surface area contributed by atoms with Crippen LogP contribution in [-0.2, 0) is 6.54 Å². The lowest BCUT2D eigenvalue weighted by Gasteiger charge is -2.26. The van der Waals surface area contributed by atoms with Crippen LogP contribution in [0.2, 0.25) is 5.02 Å². The number of halogens is 2. The lowest BCUT2D eigenvalue weighted by molar-refractivity contribution is 0.208. The molecule has 138 valence electrons. The third-order valence-electron chi connectivity index (χ3n) is 5.18. The molecule has 1 aliphatic carbocycles. The van der Waals surface area contributed by atoms with Crippen LogP contribution < -0.4 is 11.3 Å². The molecular weight excluding hydrogens is 479 g/mol. The van der Waals surface area contributed by atoms with Crippen molar-refractivity contribution in [3.05, 3.63) is 45.3 Å². The fourth-order valence-corrected chi connectivity index (χ4v) is 4.94. The molecule has 1 aromatic carbocycles. The largest absolute Gasteiger partial charge is 0.386 e. The Balaban J connectivity index is 1.60. The Bertz CT molecular complexity index is 1100. The van der Waals surface area contributed by atoms with E-state index >= 15 is 0 Å². The van der Waals surface area contributed by atoms with Crippen LogP contribution in [0, 0.1) is 5.92 Å². The highest BCUT2D eigenvalue weighted by atomic mass is 127. The molecule has 2 aliphatic heterocycles. The molecule has 0 bridgehead atoms. The van der Waals surface area contributed by atoms with Gasteiger partial charge in [0.05, 0.1) is 17.0 Å². The summed E-state index contributed by atoms with van der Waals surface area (Å²) in [6.07, 6.45) is 3.29. The molecule has 0 amide bonds. The Kier molecular flexibility index (Phi) is 4.01. The number of benzene rings is 1. The van der Waals surface area contributed by atoms with Crippen LogP contribution in [0.1, 0.15) is 24.6 Å². The van der Waals surface area contributed by atoms with Gasteiger partial charge in [-0.15, -0.1) is 0 Å². The number of hydrogen-bond acceptors (Lipinski definition) is 6. The van der Waals surface area contributed by atoms with Gasteiger partial charge in [0.2, 0.25) is 0 Å². The third kappa shape index (κ3) is 2.77. The van der Waals surface area contributed by atoms with Gasteiger partial charge >= 0.3 is 0 Å². The predicted molar refractivity (Wildman–Crippen MR) is 116 cm³/mol. The molecule has 1 saturated carbocycles. The van der Waals surface area contributed by atoms with Crippen molar-refractivity contribution in [2.45, 2.75) is 31.6 Å². The summed E-state index contributed by atoms with van der Waals surface area (Å²) in [5.74, 6) is 0.405. The lowest BCUT2D eigenvalue weighted by Crippen LogP contribution is -2.41. The summed E-state index contributed by atoms with van der Waals surface area (Å²) in [4.78, 5) is 21.7. The molecule has 1 fully saturated rings. The number of rotatable bonds is 3. The molecule has 9 heteroatoms. The molecular formula is C18H16ClIN6O. The van der Waals surface area contributed by atoms with Crippen molar-refractivity contribution in [1.29, 1.82) is 0 Å². The van der Waals surface area contributed by atoms with E-state index in [1.54, 1.807) is 6.07 Å². The third-order valence-corrected chi connectivity index (χ3v) is 6.38. The van der Waals surface area contributed by atoms with Gasteiger partial charge in [0.25, 0.3) is 5.56 Å². The molecule has 3 heterocycles. The number of fused-ring (bicyclic) bond motifs is 2. The Morgan fingerprint density at radius 2 is 2.15 bits per heavy atom. The van der Waals surface area contributed by atoms with Gasteiger partial charge in [-0.05, 0) is 53.0 Å². The van der Waals surface area contributed by atoms with Crippen LogP contribution in [0.4, 0.5) is 0 Å². The maximum atomic E-state index is 13.2. The predicted octanol–water partition coefficient (Wildman–Crippen LogP) is 2.90. The summed E-state index contributed by atoms with van der Waals surface area (Å²) < 4.78 is 2.74. The second-order valence-corrected chi connectivity index (χ2v) is 8.49. The normalized spacial score (nSPS) is 24.1. The number of aromatic nitrogens is 1. The zero-order valence-corrected chi connectivity index (χ0v) is 17.1. The first-order valence-corrected chi connectivity index (χ1v) is 10.2. The number of amidine groups is 1. The molecule has 3 aliphatic rings. The molecule has 7 nitrogen and oxygen atoms in total. The van der Waals surface area contributed by atoms with Crippen molar-refractivity contribution in [3.63, 3.8) is 0 Å². The van der Waals surface area contributed by atoms with Crippen molar-refractivity contribution in [1.82, 2.24) is 9.58 Å². The summed E-state index contributed by atoms with van der Waals surface area (Å²) in [5.41, 5.74) is 6.94. The number of hydrazone groups is 1. The first-order chi connectivity index (χ1) is 13.0. The van der Waals surface area contributed by atoms with Crippen LogP contribution in [0.3, 0.4) is 0 Å². The first kappa shape index (κ1) is 17.2. The zero-order valence-electron chi connectivity index (χ0n) is 14.2. The Hall–Kier alpha value is -1.94. The van der Waals surface area contributed by atoms with Crippen LogP contribution >= 0.6 is 34.2 Å². The van der Waals surface area contributed by atoms with Crippen molar-refractivity contribution >= 4 is 60.9 Å². The first-order valence-electron chi connectivity index (χ1n) is 8.72. The molecule has 0 radical (unpaired) electrons. The molecule has 2 atom stereocenters. The van der Waals surface area contributed by atoms with E-state index in [-0.39, 0.29) is 23.7 Å². The van der Waals surface area contributed by atoms with Gasteiger partial charge < -0.3 is 10.3 Å². The summed E-state index contributed by atoms with van der Waals surface area (Å²) in [6.45, 7) is 0.479. The van der Waals surface area contributed by atoms with Gasteiger partial charge in [0.1, 0.15) is 21.8 Å². The Morgan fingerprint density at radius 1 is 1.33 bits per heavy atom. The molecule has 27 heavy (non-hydrogen) atoms. The number of pyridine rings is 1. The zero-order chi connectivity index (χ0) is 18.7. The fourth-order valence-electron chi connectivity index (χ4n) is 3.76. The molecule has 2 N–H and O–H groups in total. The summed E-state index contributed by atoms with van der Waals surface area (Å²) in [5, 5.41) is 8.47. The second kappa shape index (κ2) is 6.30. The minimum atomic E-state index is -0.216. The van der Waals surface area contributed by atoms with Gasteiger partial charge in [0.15, 0.2) is 6.17 Å². The van der Waals surface area contributed by atoms with Gasteiger partial charge in [-0.3, -0.25) is 9.80 Å². The molecule has 2 unspecified atom stereocenters. The van der Waals surface area contributed by atoms with E-state index in [1.165, 1.54) is 6.34 Å². The van der Waals surface area contributed by atoms with Crippen molar-refractivity contribution in [2.24, 2.45) is 26.7 Å². The molecule has 2 aromatic rings. The minimum Gasteiger partial charge on any atom is -0.386 e. The molecule has 5 rings (SSSR count). The van der Waals surface area contributed by atoms with E-state index in [0.29, 0.717) is 22.8 Å². The minimum absolute atomic E-state index is 0.0294. The number of nitrogens with zero attached hydrogens (tertiary/aromatic N) is 5. The summed E-state index contributed by atoms with van der Waals surface area (Å²) in [7, 11) is 0. The van der Waals surface area contributed by atoms with Crippen LogP contribution in [-0.4, -0.2) is 31.6 Å². The number of hydrogen-bond donors (Lipinski definition) is 1. The van der Waals surface area contributed by atoms with Crippen molar-refractivity contribution in [3.8, 4) is 0 Å². The molecule has 0 spiro atoms. The van der Waals surface area contributed by atoms with Gasteiger partial charge in [-0.25, -0.2) is 9.98 Å². The molecule has 1 aromatic heterocycles. The SMILES string of the molecule is NC1=NC=NC2C1C(I)=NN2Cc1cc2cccc(Cl)c2c(=O)n1C1CC1. The Labute approximate surface area is 173 Å². The van der Waals surface area contributed by atoms with E-state index in [0.717, 1.165) is 27.6 Å². The van der Waals surface area contributed by atoms with E-state index in [1.807, 2.05) is 27.8 Å². The summed E-state index contributed by atoms with van der Waals surface area (Å²) >= 11 is 8.50. The smallest absolute Gasteiger partial charge is 0.260 e. The van der Waals surface area contributed by atoms with E-state index in [9.17, 15) is 4.79 Å². The van der Waals surface area contributed by atoms with Gasteiger partial charge in [-0.1, -0.05) is 23.7 Å². The van der Waals surface area contributed by atoms with Crippen molar-refractivity contribution < 1.29 is 0 Å². The average molecular weight is 495 g/mol. The Morgan fingerprint density at radius 3 is 2.93 bits per heavy atom. The summed E-state index contributed by atoms with van der Waals surface area (Å²) in [6, 6.07) is 7.83. The topological polar surface area (TPSA) is 88.3 Å². The maximum absolute atomic E-state index is 13.2. The fraction of sp³-hybridized carbons (Fsp3) is 0.333. The highest BCUT2D eigenvalue weighted by Crippen LogP contribution is 2.37. The van der Waals surface area contributed by atoms with Crippen molar-refractivity contribution in [2.75, 3.05) is 0 Å². The number of nitrogens with two attached hydrogens (primary N) is 1. The molecule has 0 saturated heterocycles. The quantitative estimate of drug-likeness (QED) is 0.666. The highest BCUT2D eigenvalue weighted by Gasteiger charge is 2.40. The van der Waals surface area contributed by atoms with Crippen LogP contribution in [0.5, 0.6) is 0 Å². The van der Waals surface area contributed by atoms with E-state index in [4.69, 9.17) is 17.3 Å². The monoisotopic (exact) mass is 494 g/mol. The standard InChI is InChI=1S/C18H16ClIN6O/c19-12-3-1-2-9-6-11(26(10-4-5-10)18(27)13(9)12)7-25-17-14(15(20)24-25)16(21)22-8-23-17/h1-3,6,8,10,14,17H,4-5,7H2,(H2,21,22,23). The van der Waals surface area contributed by atoms with Crippen LogP contribution in [0.25, 0.3) is 10.8 Å². The lowest BCUT2D eigenvalue weighted by atomic mass is 10.1. The maximum Gasteiger partial charge on any atom is 0.260 e.